The molecule has 1 fully saturated rings. The van der Waals surface area contributed by atoms with Gasteiger partial charge in [0.2, 0.25) is 5.91 Å². The van der Waals surface area contributed by atoms with Gasteiger partial charge >= 0.3 is 0 Å². The van der Waals surface area contributed by atoms with Gasteiger partial charge in [-0.1, -0.05) is 13.8 Å². The van der Waals surface area contributed by atoms with E-state index in [1.165, 1.54) is 0 Å². The number of carbonyl (C=O) groups is 1. The molecule has 9 heavy (non-hydrogen) atoms. The molecular formula is C7H12NO. The summed E-state index contributed by atoms with van der Waals surface area (Å²) in [7, 11) is 0. The zero-order valence-electron chi connectivity index (χ0n) is 5.90. The van der Waals surface area contributed by atoms with Crippen LogP contribution in [0, 0.1) is 11.3 Å². The van der Waals surface area contributed by atoms with Gasteiger partial charge in [0.1, 0.15) is 0 Å². The van der Waals surface area contributed by atoms with Crippen molar-refractivity contribution in [2.45, 2.75) is 26.7 Å². The molecule has 1 unspecified atom stereocenters. The Balaban J connectivity index is 2.55. The molecule has 0 heterocycles. The Morgan fingerprint density at radius 3 is 2.22 bits per heavy atom. The highest BCUT2D eigenvalue weighted by Crippen LogP contribution is 2.45. The van der Waals surface area contributed by atoms with Crippen LogP contribution in [0.1, 0.15) is 26.7 Å². The van der Waals surface area contributed by atoms with Crippen LogP contribution < -0.4 is 5.73 Å². The fourth-order valence-electron chi connectivity index (χ4n) is 1.35. The third kappa shape index (κ3) is 0.934. The highest BCUT2D eigenvalue weighted by molar-refractivity contribution is 5.77. The maximum Gasteiger partial charge on any atom is 0.242 e. The molecule has 1 radical (unpaired) electrons. The SMILES string of the molecule is CC1(C)CCC1C([NH])=O. The van der Waals surface area contributed by atoms with Crippen LogP contribution in [-0.2, 0) is 4.79 Å². The van der Waals surface area contributed by atoms with E-state index in [2.05, 4.69) is 0 Å². The average molecular weight is 126 g/mol. The fourth-order valence-corrected chi connectivity index (χ4v) is 1.35. The van der Waals surface area contributed by atoms with E-state index in [9.17, 15) is 4.79 Å². The van der Waals surface area contributed by atoms with E-state index in [1.807, 2.05) is 13.8 Å². The number of nitrogens with one attached hydrogen (secondary N) is 1. The molecule has 0 aromatic rings. The van der Waals surface area contributed by atoms with E-state index >= 15 is 0 Å². The Bertz CT molecular complexity index is 140. The molecule has 1 N–H and O–H groups in total. The highest BCUT2D eigenvalue weighted by atomic mass is 16.1. The Morgan fingerprint density at radius 2 is 2.22 bits per heavy atom. The monoisotopic (exact) mass is 126 g/mol. The Kier molecular flexibility index (Phi) is 1.26. The second-order valence-electron chi connectivity index (χ2n) is 3.44. The zero-order chi connectivity index (χ0) is 7.07. The number of hydrogen-bond acceptors (Lipinski definition) is 1. The number of carbonyl (C=O) groups excluding carboxylic acids is 1. The first kappa shape index (κ1) is 6.59. The summed E-state index contributed by atoms with van der Waals surface area (Å²) in [6.45, 7) is 4.10. The third-order valence-electron chi connectivity index (χ3n) is 2.34. The maximum absolute atomic E-state index is 10.5. The zero-order valence-corrected chi connectivity index (χ0v) is 5.90. The predicted octanol–water partition coefficient (Wildman–Crippen LogP) is 1.23. The van der Waals surface area contributed by atoms with Crippen LogP contribution in [0.2, 0.25) is 0 Å². The van der Waals surface area contributed by atoms with Crippen molar-refractivity contribution in [3.63, 3.8) is 0 Å². The van der Waals surface area contributed by atoms with Gasteiger partial charge in [0.05, 0.1) is 0 Å². The van der Waals surface area contributed by atoms with Gasteiger partial charge in [-0.15, -0.1) is 0 Å². The van der Waals surface area contributed by atoms with Crippen molar-refractivity contribution >= 4 is 5.91 Å². The highest BCUT2D eigenvalue weighted by Gasteiger charge is 2.42. The van der Waals surface area contributed by atoms with Crippen LogP contribution >= 0.6 is 0 Å². The summed E-state index contributed by atoms with van der Waals surface area (Å²) >= 11 is 0. The van der Waals surface area contributed by atoms with Crippen LogP contribution in [-0.4, -0.2) is 5.91 Å². The maximum atomic E-state index is 10.5. The van der Waals surface area contributed by atoms with E-state index in [-0.39, 0.29) is 17.2 Å². The second-order valence-corrected chi connectivity index (χ2v) is 3.44. The molecule has 0 aromatic carbocycles. The minimum absolute atomic E-state index is 0.0255. The number of amides is 1. The first-order chi connectivity index (χ1) is 4.04. The topological polar surface area (TPSA) is 40.9 Å². The normalized spacial score (nSPS) is 31.1. The summed E-state index contributed by atoms with van der Waals surface area (Å²) in [4.78, 5) is 10.5. The fraction of sp³-hybridized carbons (Fsp3) is 0.857. The molecule has 0 saturated heterocycles. The number of hydrogen-bond donors (Lipinski definition) is 0. The van der Waals surface area contributed by atoms with Crippen molar-refractivity contribution in [1.29, 1.82) is 0 Å². The van der Waals surface area contributed by atoms with Crippen LogP contribution in [0.5, 0.6) is 0 Å². The quantitative estimate of drug-likeness (QED) is 0.521. The summed E-state index contributed by atoms with van der Waals surface area (Å²) in [5.41, 5.74) is 6.98. The summed E-state index contributed by atoms with van der Waals surface area (Å²) in [5.74, 6) is -0.358. The molecule has 0 aromatic heterocycles. The van der Waals surface area contributed by atoms with E-state index in [0.717, 1.165) is 12.8 Å². The molecule has 1 rings (SSSR count). The van der Waals surface area contributed by atoms with Gasteiger partial charge in [0.25, 0.3) is 0 Å². The van der Waals surface area contributed by atoms with Gasteiger partial charge in [-0.2, -0.15) is 0 Å². The van der Waals surface area contributed by atoms with Crippen molar-refractivity contribution in [3.05, 3.63) is 0 Å². The molecule has 2 heteroatoms. The third-order valence-corrected chi connectivity index (χ3v) is 2.34. The molecule has 1 aliphatic rings. The molecule has 0 bridgehead atoms. The lowest BCUT2D eigenvalue weighted by molar-refractivity contribution is -0.131. The van der Waals surface area contributed by atoms with E-state index < -0.39 is 0 Å². The van der Waals surface area contributed by atoms with Crippen molar-refractivity contribution in [2.75, 3.05) is 0 Å². The van der Waals surface area contributed by atoms with Gasteiger partial charge in [-0.25, -0.2) is 0 Å². The van der Waals surface area contributed by atoms with E-state index in [0.29, 0.717) is 0 Å². The number of rotatable bonds is 1. The molecule has 2 nitrogen and oxygen atoms in total. The smallest absolute Gasteiger partial charge is 0.242 e. The summed E-state index contributed by atoms with van der Waals surface area (Å²) in [6.07, 6.45) is 2.03. The second kappa shape index (κ2) is 1.72. The Hall–Kier alpha value is -0.530. The van der Waals surface area contributed by atoms with E-state index in [4.69, 9.17) is 5.73 Å². The Labute approximate surface area is 55.4 Å². The van der Waals surface area contributed by atoms with Gasteiger partial charge in [-0.05, 0) is 18.3 Å². The van der Waals surface area contributed by atoms with Crippen molar-refractivity contribution in [1.82, 2.24) is 5.73 Å². The minimum atomic E-state index is -0.383. The summed E-state index contributed by atoms with van der Waals surface area (Å²) in [5, 5.41) is 0. The Morgan fingerprint density at radius 1 is 1.67 bits per heavy atom. The molecule has 0 aliphatic heterocycles. The van der Waals surface area contributed by atoms with Crippen LogP contribution in [0.15, 0.2) is 0 Å². The molecular weight excluding hydrogens is 114 g/mol. The van der Waals surface area contributed by atoms with E-state index in [1.54, 1.807) is 0 Å². The van der Waals surface area contributed by atoms with Crippen molar-refractivity contribution in [3.8, 4) is 0 Å². The van der Waals surface area contributed by atoms with Crippen molar-refractivity contribution < 1.29 is 4.79 Å². The summed E-state index contributed by atoms with van der Waals surface area (Å²) in [6, 6.07) is 0. The average Bonchev–Trinajstić information content (AvgIpc) is 1.62. The standard InChI is InChI=1S/C7H12NO/c1-7(2)4-3-5(7)6(8)9/h5,8H,3-4H2,1-2H3. The van der Waals surface area contributed by atoms with Gasteiger partial charge in [0.15, 0.2) is 0 Å². The largest absolute Gasteiger partial charge is 0.273 e. The van der Waals surface area contributed by atoms with Gasteiger partial charge in [0, 0.05) is 5.92 Å². The molecule has 0 spiro atoms. The lowest BCUT2D eigenvalue weighted by Gasteiger charge is -2.41. The minimum Gasteiger partial charge on any atom is -0.273 e. The van der Waals surface area contributed by atoms with Crippen LogP contribution in [0.3, 0.4) is 0 Å². The van der Waals surface area contributed by atoms with Crippen LogP contribution in [0.4, 0.5) is 0 Å². The molecule has 1 amide bonds. The summed E-state index contributed by atoms with van der Waals surface area (Å²) < 4.78 is 0. The molecule has 1 saturated carbocycles. The van der Waals surface area contributed by atoms with Crippen LogP contribution in [0.25, 0.3) is 0 Å². The predicted molar refractivity (Wildman–Crippen MR) is 34.6 cm³/mol. The molecule has 1 aliphatic carbocycles. The molecule has 51 valence electrons. The lowest BCUT2D eigenvalue weighted by Crippen LogP contribution is -2.40. The van der Waals surface area contributed by atoms with Gasteiger partial charge in [-0.3, -0.25) is 10.5 Å². The lowest BCUT2D eigenvalue weighted by atomic mass is 9.62. The van der Waals surface area contributed by atoms with Crippen molar-refractivity contribution in [2.24, 2.45) is 11.3 Å². The first-order valence-electron chi connectivity index (χ1n) is 3.29. The molecule has 1 atom stereocenters. The van der Waals surface area contributed by atoms with Gasteiger partial charge < -0.3 is 0 Å². The first-order valence-corrected chi connectivity index (χ1v) is 3.29.